The van der Waals surface area contributed by atoms with Gasteiger partial charge in [-0.3, -0.25) is 9.74 Å². The molecule has 0 unspecified atom stereocenters. The normalized spacial score (nSPS) is 17.1. The van der Waals surface area contributed by atoms with Gasteiger partial charge in [0, 0.05) is 38.9 Å². The molecule has 1 N–H and O–H groups in total. The van der Waals surface area contributed by atoms with Gasteiger partial charge < -0.3 is 4.90 Å². The number of nitrogens with one attached hydrogen (secondary N) is 1. The lowest BCUT2D eigenvalue weighted by Gasteiger charge is -2.35. The molecule has 0 radical (unpaired) electrons. The van der Waals surface area contributed by atoms with Gasteiger partial charge in [0.1, 0.15) is 5.82 Å². The summed E-state index contributed by atoms with van der Waals surface area (Å²) < 4.78 is 0. The highest BCUT2D eigenvalue weighted by Crippen LogP contribution is 2.23. The number of hydrogen-bond donors (Lipinski definition) is 1. The van der Waals surface area contributed by atoms with Crippen LogP contribution in [-0.2, 0) is 10.3 Å². The molecule has 0 saturated carbocycles. The van der Waals surface area contributed by atoms with Crippen molar-refractivity contribution in [3.05, 3.63) is 23.9 Å². The summed E-state index contributed by atoms with van der Waals surface area (Å²) in [5.74, 6) is 1.10. The van der Waals surface area contributed by atoms with Crippen molar-refractivity contribution in [2.24, 2.45) is 0 Å². The molecule has 2 heterocycles. The van der Waals surface area contributed by atoms with Gasteiger partial charge in [-0.1, -0.05) is 26.8 Å². The summed E-state index contributed by atoms with van der Waals surface area (Å²) in [6.45, 7) is 19.2. The van der Waals surface area contributed by atoms with Gasteiger partial charge in [-0.15, -0.1) is 0 Å². The molecule has 1 aromatic heterocycles. The van der Waals surface area contributed by atoms with Crippen LogP contribution in [-0.4, -0.2) is 54.8 Å². The molecule has 0 aliphatic carbocycles. The van der Waals surface area contributed by atoms with E-state index in [1.807, 2.05) is 6.20 Å². The summed E-state index contributed by atoms with van der Waals surface area (Å²) in [6.07, 6.45) is 3.14. The predicted octanol–water partition coefficient (Wildman–Crippen LogP) is 3.21. The third-order valence-electron chi connectivity index (χ3n) is 4.44. The SMILES string of the molecule is CC(C)(C)ONCCCN1CCN(c2ccc(C(C)(C)C)cn2)CC1. The first-order chi connectivity index (χ1) is 11.6. The smallest absolute Gasteiger partial charge is 0.128 e. The van der Waals surface area contributed by atoms with Crippen molar-refractivity contribution in [2.45, 2.75) is 59.0 Å². The maximum atomic E-state index is 5.54. The van der Waals surface area contributed by atoms with Crippen LogP contribution in [0.15, 0.2) is 18.3 Å². The molecule has 1 saturated heterocycles. The minimum atomic E-state index is -0.124. The lowest BCUT2D eigenvalue weighted by Crippen LogP contribution is -2.47. The van der Waals surface area contributed by atoms with Crippen molar-refractivity contribution in [1.82, 2.24) is 15.4 Å². The number of hydroxylamine groups is 1. The molecule has 1 aromatic rings. The van der Waals surface area contributed by atoms with Gasteiger partial charge in [-0.25, -0.2) is 10.5 Å². The van der Waals surface area contributed by atoms with Crippen LogP contribution in [0.5, 0.6) is 0 Å². The predicted molar refractivity (Wildman–Crippen MR) is 105 cm³/mol. The lowest BCUT2D eigenvalue weighted by atomic mass is 9.88. The highest BCUT2D eigenvalue weighted by molar-refractivity contribution is 5.41. The first kappa shape index (κ1) is 20.1. The number of aromatic nitrogens is 1. The quantitative estimate of drug-likeness (QED) is 0.631. The van der Waals surface area contributed by atoms with E-state index < -0.39 is 0 Å². The van der Waals surface area contributed by atoms with Gasteiger partial charge in [0.15, 0.2) is 0 Å². The molecule has 0 atom stereocenters. The number of rotatable bonds is 6. The van der Waals surface area contributed by atoms with E-state index in [4.69, 9.17) is 4.84 Å². The summed E-state index contributed by atoms with van der Waals surface area (Å²) >= 11 is 0. The minimum absolute atomic E-state index is 0.124. The standard InChI is InChI=1S/C20H36N4O/c1-19(2,3)17-8-9-18(21-16-17)24-14-12-23(13-15-24)11-7-10-22-25-20(4,5)6/h8-9,16,22H,7,10-15H2,1-6H3. The Morgan fingerprint density at radius 3 is 2.24 bits per heavy atom. The fourth-order valence-corrected chi connectivity index (χ4v) is 2.86. The number of pyridine rings is 1. The van der Waals surface area contributed by atoms with E-state index in [0.29, 0.717) is 0 Å². The van der Waals surface area contributed by atoms with Gasteiger partial charge in [0.05, 0.1) is 5.60 Å². The average molecular weight is 349 g/mol. The Labute approximate surface area is 153 Å². The van der Waals surface area contributed by atoms with Gasteiger partial charge in [-0.05, 0) is 50.8 Å². The molecule has 0 spiro atoms. The first-order valence-electron chi connectivity index (χ1n) is 9.50. The van der Waals surface area contributed by atoms with E-state index in [2.05, 4.69) is 73.9 Å². The Balaban J connectivity index is 1.69. The van der Waals surface area contributed by atoms with Crippen molar-refractivity contribution in [3.63, 3.8) is 0 Å². The second-order valence-corrected chi connectivity index (χ2v) is 8.95. The molecule has 1 fully saturated rings. The van der Waals surface area contributed by atoms with Crippen LogP contribution in [0.4, 0.5) is 5.82 Å². The van der Waals surface area contributed by atoms with E-state index in [9.17, 15) is 0 Å². The number of hydrogen-bond acceptors (Lipinski definition) is 5. The van der Waals surface area contributed by atoms with Crippen LogP contribution in [0.1, 0.15) is 53.5 Å². The van der Waals surface area contributed by atoms with Gasteiger partial charge in [-0.2, -0.15) is 0 Å². The van der Waals surface area contributed by atoms with E-state index >= 15 is 0 Å². The largest absolute Gasteiger partial charge is 0.354 e. The first-order valence-corrected chi connectivity index (χ1v) is 9.50. The maximum absolute atomic E-state index is 5.54. The molecular formula is C20H36N4O. The van der Waals surface area contributed by atoms with Crippen LogP contribution in [0.3, 0.4) is 0 Å². The Kier molecular flexibility index (Phi) is 6.83. The van der Waals surface area contributed by atoms with Crippen LogP contribution in [0, 0.1) is 0 Å². The molecule has 142 valence electrons. The molecule has 1 aliphatic heterocycles. The van der Waals surface area contributed by atoms with Crippen molar-refractivity contribution < 1.29 is 4.84 Å². The topological polar surface area (TPSA) is 40.6 Å². The second kappa shape index (κ2) is 8.47. The third kappa shape index (κ3) is 6.92. The highest BCUT2D eigenvalue weighted by Gasteiger charge is 2.19. The summed E-state index contributed by atoms with van der Waals surface area (Å²) in [4.78, 5) is 15.1. The van der Waals surface area contributed by atoms with E-state index in [1.165, 1.54) is 5.56 Å². The van der Waals surface area contributed by atoms with Crippen LogP contribution in [0.2, 0.25) is 0 Å². The molecule has 25 heavy (non-hydrogen) atoms. The van der Waals surface area contributed by atoms with Crippen molar-refractivity contribution >= 4 is 5.82 Å². The molecule has 5 nitrogen and oxygen atoms in total. The van der Waals surface area contributed by atoms with Crippen molar-refractivity contribution in [3.8, 4) is 0 Å². The fraction of sp³-hybridized carbons (Fsp3) is 0.750. The Hall–Kier alpha value is -1.17. The van der Waals surface area contributed by atoms with E-state index in [1.54, 1.807) is 0 Å². The van der Waals surface area contributed by atoms with E-state index in [-0.39, 0.29) is 11.0 Å². The summed E-state index contributed by atoms with van der Waals surface area (Å²) in [6, 6.07) is 4.39. The molecule has 0 aromatic carbocycles. The van der Waals surface area contributed by atoms with Crippen LogP contribution in [0.25, 0.3) is 0 Å². The Morgan fingerprint density at radius 2 is 1.72 bits per heavy atom. The van der Waals surface area contributed by atoms with Gasteiger partial charge >= 0.3 is 0 Å². The second-order valence-electron chi connectivity index (χ2n) is 8.95. The zero-order chi connectivity index (χ0) is 18.5. The highest BCUT2D eigenvalue weighted by atomic mass is 16.7. The molecule has 0 bridgehead atoms. The van der Waals surface area contributed by atoms with Crippen molar-refractivity contribution in [1.29, 1.82) is 0 Å². The number of nitrogens with zero attached hydrogens (tertiary/aromatic N) is 3. The Bertz CT molecular complexity index is 508. The average Bonchev–Trinajstić information content (AvgIpc) is 2.53. The monoisotopic (exact) mass is 348 g/mol. The summed E-state index contributed by atoms with van der Waals surface area (Å²) in [5.41, 5.74) is 4.40. The van der Waals surface area contributed by atoms with E-state index in [0.717, 1.165) is 51.5 Å². The molecule has 0 amide bonds. The zero-order valence-electron chi connectivity index (χ0n) is 16.9. The molecule has 2 rings (SSSR count). The minimum Gasteiger partial charge on any atom is -0.354 e. The molecule has 1 aliphatic rings. The zero-order valence-corrected chi connectivity index (χ0v) is 16.9. The lowest BCUT2D eigenvalue weighted by molar-refractivity contribution is -0.0730. The van der Waals surface area contributed by atoms with Gasteiger partial charge in [0.25, 0.3) is 0 Å². The van der Waals surface area contributed by atoms with Crippen LogP contribution < -0.4 is 10.4 Å². The summed E-state index contributed by atoms with van der Waals surface area (Å²) in [5, 5.41) is 0. The third-order valence-corrected chi connectivity index (χ3v) is 4.44. The van der Waals surface area contributed by atoms with Gasteiger partial charge in [0.2, 0.25) is 0 Å². The van der Waals surface area contributed by atoms with Crippen molar-refractivity contribution in [2.75, 3.05) is 44.2 Å². The Morgan fingerprint density at radius 1 is 1.04 bits per heavy atom. The van der Waals surface area contributed by atoms with Crippen LogP contribution >= 0.6 is 0 Å². The maximum Gasteiger partial charge on any atom is 0.128 e. The molecular weight excluding hydrogens is 312 g/mol. The summed E-state index contributed by atoms with van der Waals surface area (Å²) in [7, 11) is 0. The number of anilines is 1. The fourth-order valence-electron chi connectivity index (χ4n) is 2.86. The number of piperazine rings is 1. The molecule has 5 heteroatoms.